The van der Waals surface area contributed by atoms with Crippen molar-refractivity contribution in [3.8, 4) is 0 Å². The fraction of sp³-hybridized carbons (Fsp3) is 0.500. The van der Waals surface area contributed by atoms with E-state index in [1.807, 2.05) is 6.92 Å². The number of methoxy groups -OCH3 is 1. The molecule has 0 aliphatic heterocycles. The molecule has 0 saturated carbocycles. The van der Waals surface area contributed by atoms with Crippen LogP contribution in [0.15, 0.2) is 12.3 Å². The predicted octanol–water partition coefficient (Wildman–Crippen LogP) is 1.90. The van der Waals surface area contributed by atoms with Gasteiger partial charge in [0.25, 0.3) is 5.91 Å². The van der Waals surface area contributed by atoms with Crippen molar-refractivity contribution in [2.24, 2.45) is 0 Å². The summed E-state index contributed by atoms with van der Waals surface area (Å²) in [6.45, 7) is 2.29. The molecule has 0 bridgehead atoms. The number of amides is 1. The van der Waals surface area contributed by atoms with Crippen molar-refractivity contribution in [3.05, 3.63) is 29.6 Å². The topological polar surface area (TPSA) is 51.2 Å². The van der Waals surface area contributed by atoms with Crippen molar-refractivity contribution >= 4 is 5.91 Å². The number of nitrogens with one attached hydrogen (secondary N) is 1. The number of aromatic nitrogens is 1. The molecule has 1 unspecified atom stereocenters. The summed E-state index contributed by atoms with van der Waals surface area (Å²) in [6, 6.07) is 0.923. The summed E-state index contributed by atoms with van der Waals surface area (Å²) < 4.78 is 31.2. The minimum atomic E-state index is -1.28. The summed E-state index contributed by atoms with van der Waals surface area (Å²) in [5.74, 6) is -3.17. The molecule has 0 radical (unpaired) electrons. The molecule has 1 atom stereocenters. The quantitative estimate of drug-likeness (QED) is 0.793. The monoisotopic (exact) mass is 258 g/mol. The number of carbonyl (C=O) groups excluding carboxylic acids is 1. The van der Waals surface area contributed by atoms with Gasteiger partial charge in [0, 0.05) is 13.3 Å². The SMILES string of the molecule is CCCC(COC)NC(=O)c1ccnc(F)c1F. The number of pyridine rings is 1. The zero-order valence-corrected chi connectivity index (χ0v) is 10.4. The molecule has 1 aromatic rings. The van der Waals surface area contributed by atoms with Crippen molar-refractivity contribution in [1.82, 2.24) is 10.3 Å². The summed E-state index contributed by atoms with van der Waals surface area (Å²) in [7, 11) is 1.52. The maximum absolute atomic E-state index is 13.3. The highest BCUT2D eigenvalue weighted by molar-refractivity contribution is 5.94. The van der Waals surface area contributed by atoms with Crippen LogP contribution < -0.4 is 5.32 Å². The lowest BCUT2D eigenvalue weighted by atomic mass is 10.1. The van der Waals surface area contributed by atoms with Gasteiger partial charge in [-0.25, -0.2) is 9.37 Å². The smallest absolute Gasteiger partial charge is 0.254 e. The Bertz CT molecular complexity index is 407. The summed E-state index contributed by atoms with van der Waals surface area (Å²) in [5.41, 5.74) is -0.347. The van der Waals surface area contributed by atoms with Crippen molar-refractivity contribution in [3.63, 3.8) is 0 Å². The van der Waals surface area contributed by atoms with E-state index < -0.39 is 17.7 Å². The molecule has 6 heteroatoms. The van der Waals surface area contributed by atoms with Crippen molar-refractivity contribution < 1.29 is 18.3 Å². The first-order chi connectivity index (χ1) is 8.60. The van der Waals surface area contributed by atoms with Crippen LogP contribution in [0, 0.1) is 11.8 Å². The number of carbonyl (C=O) groups is 1. The zero-order valence-electron chi connectivity index (χ0n) is 10.4. The third-order valence-electron chi connectivity index (χ3n) is 2.43. The summed E-state index contributed by atoms with van der Waals surface area (Å²) in [6.07, 6.45) is 2.61. The van der Waals surface area contributed by atoms with Gasteiger partial charge < -0.3 is 10.1 Å². The van der Waals surface area contributed by atoms with Crippen molar-refractivity contribution in [2.75, 3.05) is 13.7 Å². The Labute approximate surface area is 104 Å². The number of ether oxygens (including phenoxy) is 1. The van der Waals surface area contributed by atoms with E-state index in [-0.39, 0.29) is 11.6 Å². The lowest BCUT2D eigenvalue weighted by Gasteiger charge is -2.17. The second-order valence-corrected chi connectivity index (χ2v) is 3.88. The van der Waals surface area contributed by atoms with Gasteiger partial charge >= 0.3 is 0 Å². The van der Waals surface area contributed by atoms with E-state index in [1.54, 1.807) is 0 Å². The van der Waals surface area contributed by atoms with Crippen LogP contribution in [-0.4, -0.2) is 30.6 Å². The van der Waals surface area contributed by atoms with Crippen LogP contribution in [-0.2, 0) is 4.74 Å². The predicted molar refractivity (Wildman–Crippen MR) is 62.2 cm³/mol. The Balaban J connectivity index is 2.77. The minimum absolute atomic E-state index is 0.219. The molecule has 0 fully saturated rings. The van der Waals surface area contributed by atoms with E-state index in [1.165, 1.54) is 7.11 Å². The van der Waals surface area contributed by atoms with Gasteiger partial charge in [0.15, 0.2) is 5.82 Å². The second kappa shape index (κ2) is 7.00. The molecule has 1 N–H and O–H groups in total. The molecule has 0 aliphatic rings. The minimum Gasteiger partial charge on any atom is -0.383 e. The van der Waals surface area contributed by atoms with E-state index in [2.05, 4.69) is 10.3 Å². The first kappa shape index (κ1) is 14.5. The fourth-order valence-corrected chi connectivity index (χ4v) is 1.60. The van der Waals surface area contributed by atoms with Crippen LogP contribution in [0.4, 0.5) is 8.78 Å². The largest absolute Gasteiger partial charge is 0.383 e. The van der Waals surface area contributed by atoms with Gasteiger partial charge in [-0.1, -0.05) is 13.3 Å². The van der Waals surface area contributed by atoms with Crippen LogP contribution in [0.25, 0.3) is 0 Å². The fourth-order valence-electron chi connectivity index (χ4n) is 1.60. The van der Waals surface area contributed by atoms with Crippen LogP contribution in [0.1, 0.15) is 30.1 Å². The van der Waals surface area contributed by atoms with E-state index >= 15 is 0 Å². The molecule has 0 aromatic carbocycles. The van der Waals surface area contributed by atoms with Crippen LogP contribution in [0.2, 0.25) is 0 Å². The third-order valence-corrected chi connectivity index (χ3v) is 2.43. The van der Waals surface area contributed by atoms with Gasteiger partial charge in [0.05, 0.1) is 18.2 Å². The Morgan fingerprint density at radius 3 is 2.89 bits per heavy atom. The normalized spacial score (nSPS) is 12.2. The average molecular weight is 258 g/mol. The van der Waals surface area contributed by atoms with E-state index in [0.29, 0.717) is 13.0 Å². The molecule has 1 rings (SSSR count). The highest BCUT2D eigenvalue weighted by Crippen LogP contribution is 2.09. The van der Waals surface area contributed by atoms with Gasteiger partial charge in [0.1, 0.15) is 0 Å². The van der Waals surface area contributed by atoms with Gasteiger partial charge in [-0.2, -0.15) is 4.39 Å². The third kappa shape index (κ3) is 3.73. The standard InChI is InChI=1S/C12H16F2N2O2/c1-3-4-8(7-18-2)16-12(17)9-5-6-15-11(14)10(9)13/h5-6,8H,3-4,7H2,1-2H3,(H,16,17). The van der Waals surface area contributed by atoms with Crippen LogP contribution >= 0.6 is 0 Å². The Hall–Kier alpha value is -1.56. The summed E-state index contributed by atoms with van der Waals surface area (Å²) in [5, 5.41) is 2.60. The number of rotatable bonds is 6. The molecule has 0 saturated heterocycles. The van der Waals surface area contributed by atoms with E-state index in [4.69, 9.17) is 4.74 Å². The van der Waals surface area contributed by atoms with Gasteiger partial charge in [-0.15, -0.1) is 0 Å². The number of halogens is 2. The molecule has 1 heterocycles. The summed E-state index contributed by atoms with van der Waals surface area (Å²) >= 11 is 0. The maximum Gasteiger partial charge on any atom is 0.254 e. The Morgan fingerprint density at radius 1 is 1.56 bits per heavy atom. The molecular weight excluding hydrogens is 242 g/mol. The number of nitrogens with zero attached hydrogens (tertiary/aromatic N) is 1. The second-order valence-electron chi connectivity index (χ2n) is 3.88. The molecule has 1 amide bonds. The number of hydrogen-bond donors (Lipinski definition) is 1. The number of hydrogen-bond acceptors (Lipinski definition) is 3. The molecule has 4 nitrogen and oxygen atoms in total. The Kier molecular flexibility index (Phi) is 5.64. The van der Waals surface area contributed by atoms with E-state index in [9.17, 15) is 13.6 Å². The van der Waals surface area contributed by atoms with Gasteiger partial charge in [-0.3, -0.25) is 4.79 Å². The lowest BCUT2D eigenvalue weighted by molar-refractivity contribution is 0.0886. The first-order valence-corrected chi connectivity index (χ1v) is 5.70. The molecular formula is C12H16F2N2O2. The molecule has 1 aromatic heterocycles. The van der Waals surface area contributed by atoms with Gasteiger partial charge in [0.2, 0.25) is 5.95 Å². The van der Waals surface area contributed by atoms with Crippen LogP contribution in [0.5, 0.6) is 0 Å². The molecule has 0 aliphatic carbocycles. The summed E-state index contributed by atoms with van der Waals surface area (Å²) in [4.78, 5) is 14.9. The highest BCUT2D eigenvalue weighted by Gasteiger charge is 2.18. The van der Waals surface area contributed by atoms with E-state index in [0.717, 1.165) is 18.7 Å². The van der Waals surface area contributed by atoms with Gasteiger partial charge in [-0.05, 0) is 12.5 Å². The molecule has 0 spiro atoms. The Morgan fingerprint density at radius 2 is 2.28 bits per heavy atom. The zero-order chi connectivity index (χ0) is 13.5. The maximum atomic E-state index is 13.3. The van der Waals surface area contributed by atoms with Crippen molar-refractivity contribution in [1.29, 1.82) is 0 Å². The van der Waals surface area contributed by atoms with Crippen LogP contribution in [0.3, 0.4) is 0 Å². The lowest BCUT2D eigenvalue weighted by Crippen LogP contribution is -2.38. The average Bonchev–Trinajstić information content (AvgIpc) is 2.33. The molecule has 18 heavy (non-hydrogen) atoms. The highest BCUT2D eigenvalue weighted by atomic mass is 19.2. The first-order valence-electron chi connectivity index (χ1n) is 5.70. The van der Waals surface area contributed by atoms with Crippen molar-refractivity contribution in [2.45, 2.75) is 25.8 Å². The molecule has 100 valence electrons.